The fourth-order valence-electron chi connectivity index (χ4n) is 0.934. The summed E-state index contributed by atoms with van der Waals surface area (Å²) < 4.78 is 0. The van der Waals surface area contributed by atoms with Crippen LogP contribution in [-0.4, -0.2) is 11.4 Å². The van der Waals surface area contributed by atoms with Crippen molar-refractivity contribution in [2.45, 2.75) is 0 Å². The summed E-state index contributed by atoms with van der Waals surface area (Å²) in [5.41, 5.74) is 0.604. The fourth-order valence-corrected chi connectivity index (χ4v) is 0.934. The monoisotopic (exact) mass is 199 g/mol. The van der Waals surface area contributed by atoms with E-state index in [0.717, 1.165) is 0 Å². The molecule has 0 fully saturated rings. The Labute approximate surface area is 88.8 Å². The number of hydrogen-bond donors (Lipinski definition) is 1. The molecule has 2 heteroatoms. The van der Waals surface area contributed by atoms with Crippen LogP contribution < -0.4 is 0 Å². The normalized spacial score (nSPS) is 8.53. The van der Waals surface area contributed by atoms with Crippen molar-refractivity contribution < 1.29 is 9.90 Å². The minimum absolute atomic E-state index is 0.322. The summed E-state index contributed by atoms with van der Waals surface area (Å²) in [4.78, 5) is 9.88. The molecule has 0 aliphatic heterocycles. The van der Waals surface area contributed by atoms with Crippen LogP contribution in [0.25, 0.3) is 0 Å². The molecule has 0 heterocycles. The van der Waals surface area contributed by atoms with E-state index in [9.17, 15) is 4.79 Å². The van der Waals surface area contributed by atoms with Crippen LogP contribution in [0.1, 0.15) is 5.56 Å². The van der Waals surface area contributed by atoms with E-state index in [2.05, 4.69) is 0 Å². The van der Waals surface area contributed by atoms with Crippen molar-refractivity contribution in [3.63, 3.8) is 0 Å². The van der Waals surface area contributed by atoms with Gasteiger partial charge in [-0.1, -0.05) is 48.5 Å². The van der Waals surface area contributed by atoms with E-state index >= 15 is 0 Å². The molecule has 0 amide bonds. The van der Waals surface area contributed by atoms with Gasteiger partial charge in [0.1, 0.15) is 5.75 Å². The van der Waals surface area contributed by atoms with Gasteiger partial charge in [0.15, 0.2) is 0 Å². The molecule has 1 radical (unpaired) electrons. The third kappa shape index (κ3) is 4.62. The van der Waals surface area contributed by atoms with Crippen LogP contribution in [0.2, 0.25) is 0 Å². The van der Waals surface area contributed by atoms with Crippen molar-refractivity contribution in [2.75, 3.05) is 0 Å². The van der Waals surface area contributed by atoms with E-state index in [0.29, 0.717) is 11.3 Å². The van der Waals surface area contributed by atoms with E-state index in [4.69, 9.17) is 5.11 Å². The molecular weight excluding hydrogens is 188 g/mol. The number of rotatable bonds is 1. The molecule has 2 aromatic carbocycles. The molecule has 0 spiro atoms. The van der Waals surface area contributed by atoms with E-state index in [1.807, 2.05) is 12.1 Å². The summed E-state index contributed by atoms with van der Waals surface area (Å²) in [6.07, 6.45) is 1.78. The highest BCUT2D eigenvalue weighted by Gasteiger charge is 1.81. The number of para-hydroxylation sites is 1. The van der Waals surface area contributed by atoms with Crippen molar-refractivity contribution in [3.05, 3.63) is 66.2 Å². The topological polar surface area (TPSA) is 37.3 Å². The number of hydrogen-bond acceptors (Lipinski definition) is 2. The van der Waals surface area contributed by atoms with Gasteiger partial charge in [0.05, 0.1) is 0 Å². The molecule has 0 aromatic heterocycles. The summed E-state index contributed by atoms with van der Waals surface area (Å²) in [6, 6.07) is 17.6. The van der Waals surface area contributed by atoms with Gasteiger partial charge in [-0.15, -0.1) is 0 Å². The zero-order valence-electron chi connectivity index (χ0n) is 8.13. The minimum Gasteiger partial charge on any atom is -0.508 e. The average Bonchev–Trinajstić information content (AvgIpc) is 2.32. The molecule has 15 heavy (non-hydrogen) atoms. The number of carbonyl (C=O) groups excluding carboxylic acids is 1. The standard InChI is InChI=1S/C7H5O.C6H6O/c8-6-7-4-2-1-3-5-7;7-6-4-2-1-3-5-6/h1-5H;1-5,7H. The summed E-state index contributed by atoms with van der Waals surface area (Å²) in [5, 5.41) is 8.63. The number of aromatic hydroxyl groups is 1. The Morgan fingerprint density at radius 2 is 1.27 bits per heavy atom. The highest BCUT2D eigenvalue weighted by atomic mass is 16.3. The maximum absolute atomic E-state index is 9.88. The predicted molar refractivity (Wildman–Crippen MR) is 59.3 cm³/mol. The lowest BCUT2D eigenvalue weighted by Gasteiger charge is -1.82. The first kappa shape index (κ1) is 11.0. The zero-order chi connectivity index (χ0) is 10.9. The molecule has 2 aromatic rings. The number of benzene rings is 2. The molecule has 0 atom stereocenters. The van der Waals surface area contributed by atoms with Crippen LogP contribution in [0.5, 0.6) is 5.75 Å². The Bertz CT molecular complexity index is 382. The van der Waals surface area contributed by atoms with Crippen LogP contribution in [0.3, 0.4) is 0 Å². The molecule has 0 saturated heterocycles. The molecular formula is C13H11O2. The van der Waals surface area contributed by atoms with Crippen molar-refractivity contribution in [1.29, 1.82) is 0 Å². The average molecular weight is 199 g/mol. The maximum atomic E-state index is 9.88. The van der Waals surface area contributed by atoms with Gasteiger partial charge in [-0.2, -0.15) is 0 Å². The first-order valence-corrected chi connectivity index (χ1v) is 4.50. The molecule has 2 nitrogen and oxygen atoms in total. The second-order valence-electron chi connectivity index (χ2n) is 2.80. The molecule has 2 rings (SSSR count). The van der Waals surface area contributed by atoms with Crippen molar-refractivity contribution >= 4 is 6.29 Å². The lowest BCUT2D eigenvalue weighted by atomic mass is 10.2. The van der Waals surface area contributed by atoms with Gasteiger partial charge < -0.3 is 5.11 Å². The number of phenolic OH excluding ortho intramolecular Hbond substituents is 1. The van der Waals surface area contributed by atoms with Crippen molar-refractivity contribution in [2.24, 2.45) is 0 Å². The van der Waals surface area contributed by atoms with Crippen LogP contribution >= 0.6 is 0 Å². The molecule has 0 aliphatic rings. The molecule has 0 bridgehead atoms. The van der Waals surface area contributed by atoms with Gasteiger partial charge in [0.2, 0.25) is 6.29 Å². The summed E-state index contributed by atoms with van der Waals surface area (Å²) in [5.74, 6) is 0.322. The maximum Gasteiger partial charge on any atom is 0.233 e. The predicted octanol–water partition coefficient (Wildman–Crippen LogP) is 2.54. The number of phenols is 1. The summed E-state index contributed by atoms with van der Waals surface area (Å²) in [7, 11) is 0. The van der Waals surface area contributed by atoms with Crippen molar-refractivity contribution in [3.8, 4) is 5.75 Å². The second kappa shape index (κ2) is 6.38. The molecule has 0 unspecified atom stereocenters. The third-order valence-corrected chi connectivity index (χ3v) is 1.65. The van der Waals surface area contributed by atoms with Crippen LogP contribution in [-0.2, 0) is 4.79 Å². The quantitative estimate of drug-likeness (QED) is 0.766. The Hall–Kier alpha value is -2.09. The summed E-state index contributed by atoms with van der Waals surface area (Å²) >= 11 is 0. The molecule has 75 valence electrons. The molecule has 0 saturated carbocycles. The van der Waals surface area contributed by atoms with Crippen LogP contribution in [0.15, 0.2) is 60.7 Å². The van der Waals surface area contributed by atoms with Gasteiger partial charge in [0, 0.05) is 5.56 Å². The van der Waals surface area contributed by atoms with Crippen LogP contribution in [0, 0.1) is 0 Å². The minimum atomic E-state index is 0.322. The van der Waals surface area contributed by atoms with Gasteiger partial charge in [-0.05, 0) is 12.1 Å². The first-order chi connectivity index (χ1) is 7.33. The second-order valence-corrected chi connectivity index (χ2v) is 2.80. The highest BCUT2D eigenvalue weighted by Crippen LogP contribution is 2.02. The van der Waals surface area contributed by atoms with Gasteiger partial charge >= 0.3 is 0 Å². The molecule has 0 aliphatic carbocycles. The summed E-state index contributed by atoms with van der Waals surface area (Å²) in [6.45, 7) is 0. The Balaban J connectivity index is 0.000000151. The largest absolute Gasteiger partial charge is 0.508 e. The van der Waals surface area contributed by atoms with Crippen molar-refractivity contribution in [1.82, 2.24) is 0 Å². The van der Waals surface area contributed by atoms with Gasteiger partial charge in [-0.25, -0.2) is 0 Å². The third-order valence-electron chi connectivity index (χ3n) is 1.65. The van der Waals surface area contributed by atoms with E-state index in [1.165, 1.54) is 0 Å². The highest BCUT2D eigenvalue weighted by molar-refractivity contribution is 5.74. The fraction of sp³-hybridized carbons (Fsp3) is 0. The van der Waals surface area contributed by atoms with Gasteiger partial charge in [0.25, 0.3) is 0 Å². The van der Waals surface area contributed by atoms with E-state index in [-0.39, 0.29) is 0 Å². The van der Waals surface area contributed by atoms with E-state index in [1.54, 1.807) is 54.8 Å². The lowest BCUT2D eigenvalue weighted by molar-refractivity contribution is 0.475. The zero-order valence-corrected chi connectivity index (χ0v) is 8.13. The SMILES string of the molecule is O=[C]c1ccccc1.Oc1ccccc1. The molecule has 1 N–H and O–H groups in total. The van der Waals surface area contributed by atoms with Crippen LogP contribution in [0.4, 0.5) is 0 Å². The first-order valence-electron chi connectivity index (χ1n) is 4.50. The lowest BCUT2D eigenvalue weighted by Crippen LogP contribution is -1.73. The van der Waals surface area contributed by atoms with Gasteiger partial charge in [-0.3, -0.25) is 4.79 Å². The smallest absolute Gasteiger partial charge is 0.233 e. The van der Waals surface area contributed by atoms with E-state index < -0.39 is 0 Å². The Kier molecular flexibility index (Phi) is 4.67. The Morgan fingerprint density at radius 3 is 1.53 bits per heavy atom. The Morgan fingerprint density at radius 1 is 0.800 bits per heavy atom.